The Morgan fingerprint density at radius 1 is 1.00 bits per heavy atom. The van der Waals surface area contributed by atoms with Gasteiger partial charge >= 0.3 is 0 Å². The highest BCUT2D eigenvalue weighted by Gasteiger charge is 2.22. The van der Waals surface area contributed by atoms with Crippen molar-refractivity contribution in [2.75, 3.05) is 5.32 Å². The molecule has 1 heterocycles. The Kier molecular flexibility index (Phi) is 3.72. The molecule has 0 spiro atoms. The Labute approximate surface area is 148 Å². The topological polar surface area (TPSA) is 45.0 Å². The van der Waals surface area contributed by atoms with Gasteiger partial charge in [-0.3, -0.25) is 0 Å². The van der Waals surface area contributed by atoms with Crippen LogP contribution in [0.3, 0.4) is 0 Å². The van der Waals surface area contributed by atoms with Gasteiger partial charge in [0.1, 0.15) is 11.8 Å². The molecule has 0 saturated carbocycles. The van der Waals surface area contributed by atoms with Crippen molar-refractivity contribution in [3.8, 4) is 11.8 Å². The third-order valence-corrected chi connectivity index (χ3v) is 4.60. The first-order valence-corrected chi connectivity index (χ1v) is 8.38. The van der Waals surface area contributed by atoms with Crippen LogP contribution in [0, 0.1) is 11.3 Å². The van der Waals surface area contributed by atoms with Crippen LogP contribution >= 0.6 is 15.9 Å². The summed E-state index contributed by atoms with van der Waals surface area (Å²) in [6, 6.07) is 22.2. The minimum atomic E-state index is 0.502. The molecular formula is C20H13BrN2O. The quantitative estimate of drug-likeness (QED) is 0.652. The van der Waals surface area contributed by atoms with Gasteiger partial charge in [-0.05, 0) is 41.1 Å². The smallest absolute Gasteiger partial charge is 0.211 e. The lowest BCUT2D eigenvalue weighted by atomic mass is 9.96. The van der Waals surface area contributed by atoms with Crippen molar-refractivity contribution in [1.29, 1.82) is 5.26 Å². The summed E-state index contributed by atoms with van der Waals surface area (Å²) < 4.78 is 7.02. The zero-order chi connectivity index (χ0) is 16.5. The van der Waals surface area contributed by atoms with Crippen molar-refractivity contribution in [1.82, 2.24) is 0 Å². The van der Waals surface area contributed by atoms with Gasteiger partial charge in [-0.2, -0.15) is 5.26 Å². The molecule has 0 aliphatic carbocycles. The standard InChI is InChI=1S/C20H13BrN2O/c21-15-6-8-16(9-7-15)23-20-14(12-22)11-18-17-4-2-1-3-13(17)5-10-19(18)24-20/h1-10,23H,11H2. The maximum absolute atomic E-state index is 9.55. The van der Waals surface area contributed by atoms with E-state index in [0.717, 1.165) is 32.2 Å². The Bertz CT molecular complexity index is 1000. The van der Waals surface area contributed by atoms with Crippen LogP contribution < -0.4 is 10.1 Å². The first kappa shape index (κ1) is 14.8. The van der Waals surface area contributed by atoms with Crippen molar-refractivity contribution in [2.45, 2.75) is 6.42 Å². The number of nitriles is 1. The van der Waals surface area contributed by atoms with E-state index in [9.17, 15) is 5.26 Å². The molecule has 4 rings (SSSR count). The fourth-order valence-electron chi connectivity index (χ4n) is 2.88. The van der Waals surface area contributed by atoms with Gasteiger partial charge in [0.15, 0.2) is 0 Å². The van der Waals surface area contributed by atoms with Gasteiger partial charge in [0, 0.05) is 22.1 Å². The molecule has 0 radical (unpaired) electrons. The van der Waals surface area contributed by atoms with Crippen LogP contribution in [-0.4, -0.2) is 0 Å². The molecule has 1 N–H and O–H groups in total. The number of hydrogen-bond acceptors (Lipinski definition) is 3. The second kappa shape index (κ2) is 6.03. The molecule has 1 aliphatic heterocycles. The summed E-state index contributed by atoms with van der Waals surface area (Å²) in [6.45, 7) is 0. The van der Waals surface area contributed by atoms with Crippen molar-refractivity contribution >= 4 is 32.4 Å². The first-order chi connectivity index (χ1) is 11.7. The average Bonchev–Trinajstić information content (AvgIpc) is 2.63. The van der Waals surface area contributed by atoms with Crippen molar-refractivity contribution in [3.05, 3.63) is 82.2 Å². The summed E-state index contributed by atoms with van der Waals surface area (Å²) >= 11 is 3.42. The molecule has 0 atom stereocenters. The molecule has 0 aromatic heterocycles. The van der Waals surface area contributed by atoms with Crippen LogP contribution in [0.1, 0.15) is 5.56 Å². The maximum Gasteiger partial charge on any atom is 0.211 e. The second-order valence-electron chi connectivity index (χ2n) is 5.59. The molecule has 3 nitrogen and oxygen atoms in total. The van der Waals surface area contributed by atoms with E-state index in [1.54, 1.807) is 0 Å². The molecule has 0 amide bonds. The zero-order valence-electron chi connectivity index (χ0n) is 12.7. The average molecular weight is 377 g/mol. The summed E-state index contributed by atoms with van der Waals surface area (Å²) in [5, 5.41) is 15.0. The van der Waals surface area contributed by atoms with E-state index >= 15 is 0 Å². The SMILES string of the molecule is N#CC1=C(Nc2ccc(Br)cc2)Oc2ccc3ccccc3c2C1. The Morgan fingerprint density at radius 2 is 1.79 bits per heavy atom. The summed E-state index contributed by atoms with van der Waals surface area (Å²) in [5.41, 5.74) is 2.54. The van der Waals surface area contributed by atoms with Gasteiger partial charge in [-0.1, -0.05) is 46.3 Å². The van der Waals surface area contributed by atoms with E-state index in [1.807, 2.05) is 48.5 Å². The number of anilines is 1. The number of nitrogens with one attached hydrogen (secondary N) is 1. The van der Waals surface area contributed by atoms with E-state index < -0.39 is 0 Å². The van der Waals surface area contributed by atoms with Crippen molar-refractivity contribution in [3.63, 3.8) is 0 Å². The fraction of sp³-hybridized carbons (Fsp3) is 0.0500. The molecule has 1 aliphatic rings. The number of rotatable bonds is 2. The van der Waals surface area contributed by atoms with Crippen molar-refractivity contribution < 1.29 is 4.74 Å². The van der Waals surface area contributed by atoms with E-state index in [-0.39, 0.29) is 0 Å². The number of nitrogens with zero attached hydrogens (tertiary/aromatic N) is 1. The zero-order valence-corrected chi connectivity index (χ0v) is 14.3. The predicted molar refractivity (Wildman–Crippen MR) is 98.7 cm³/mol. The summed E-state index contributed by atoms with van der Waals surface area (Å²) in [4.78, 5) is 0. The minimum absolute atomic E-state index is 0.502. The van der Waals surface area contributed by atoms with Gasteiger partial charge in [0.25, 0.3) is 0 Å². The van der Waals surface area contributed by atoms with Gasteiger partial charge in [0.05, 0.1) is 5.57 Å². The van der Waals surface area contributed by atoms with E-state index in [1.165, 1.54) is 0 Å². The van der Waals surface area contributed by atoms with Gasteiger partial charge < -0.3 is 10.1 Å². The highest BCUT2D eigenvalue weighted by Crippen LogP contribution is 2.35. The monoisotopic (exact) mass is 376 g/mol. The Hall–Kier alpha value is -2.77. The normalized spacial score (nSPS) is 13.2. The molecular weight excluding hydrogens is 364 g/mol. The van der Waals surface area contributed by atoms with Crippen LogP contribution in [0.5, 0.6) is 5.75 Å². The number of allylic oxidation sites excluding steroid dienone is 1. The van der Waals surface area contributed by atoms with Crippen LogP contribution in [0.25, 0.3) is 10.8 Å². The van der Waals surface area contributed by atoms with E-state index in [4.69, 9.17) is 4.74 Å². The fourth-order valence-corrected chi connectivity index (χ4v) is 3.14. The maximum atomic E-state index is 9.55. The lowest BCUT2D eigenvalue weighted by Gasteiger charge is -2.22. The number of benzene rings is 3. The number of fused-ring (bicyclic) bond motifs is 3. The molecule has 3 aromatic rings. The first-order valence-electron chi connectivity index (χ1n) is 7.59. The molecule has 24 heavy (non-hydrogen) atoms. The molecule has 0 bridgehead atoms. The van der Waals surface area contributed by atoms with Crippen LogP contribution in [0.15, 0.2) is 76.6 Å². The van der Waals surface area contributed by atoms with Crippen LogP contribution in [0.4, 0.5) is 5.69 Å². The Balaban J connectivity index is 1.73. The lowest BCUT2D eigenvalue weighted by Crippen LogP contribution is -2.16. The van der Waals surface area contributed by atoms with Gasteiger partial charge in [-0.25, -0.2) is 0 Å². The third kappa shape index (κ3) is 2.64. The van der Waals surface area contributed by atoms with E-state index in [2.05, 4.69) is 39.4 Å². The van der Waals surface area contributed by atoms with Gasteiger partial charge in [-0.15, -0.1) is 0 Å². The highest BCUT2D eigenvalue weighted by atomic mass is 79.9. The summed E-state index contributed by atoms with van der Waals surface area (Å²) in [7, 11) is 0. The highest BCUT2D eigenvalue weighted by molar-refractivity contribution is 9.10. The largest absolute Gasteiger partial charge is 0.440 e. The Morgan fingerprint density at radius 3 is 2.58 bits per heavy atom. The molecule has 0 unspecified atom stereocenters. The number of ether oxygens (including phenoxy) is 1. The molecule has 116 valence electrons. The molecule has 0 fully saturated rings. The summed E-state index contributed by atoms with van der Waals surface area (Å²) in [6.07, 6.45) is 0.562. The third-order valence-electron chi connectivity index (χ3n) is 4.07. The second-order valence-corrected chi connectivity index (χ2v) is 6.51. The minimum Gasteiger partial charge on any atom is -0.440 e. The lowest BCUT2D eigenvalue weighted by molar-refractivity contribution is 0.413. The van der Waals surface area contributed by atoms with Crippen LogP contribution in [-0.2, 0) is 6.42 Å². The number of hydrogen-bond donors (Lipinski definition) is 1. The van der Waals surface area contributed by atoms with Gasteiger partial charge in [0.2, 0.25) is 5.88 Å². The van der Waals surface area contributed by atoms with E-state index in [0.29, 0.717) is 17.9 Å². The molecule has 0 saturated heterocycles. The predicted octanol–water partition coefficient (Wildman–Crippen LogP) is 5.38. The molecule has 4 heteroatoms. The summed E-state index contributed by atoms with van der Waals surface area (Å²) in [5.74, 6) is 1.30. The number of halogens is 1. The van der Waals surface area contributed by atoms with Crippen molar-refractivity contribution in [2.24, 2.45) is 0 Å². The van der Waals surface area contributed by atoms with Crippen LogP contribution in [0.2, 0.25) is 0 Å². The molecule has 3 aromatic carbocycles.